The van der Waals surface area contributed by atoms with Crippen LogP contribution in [-0.2, 0) is 19.6 Å². The molecule has 1 amide bonds. The number of nitrogens with zero attached hydrogens (tertiary/aromatic N) is 3. The molecule has 2 aromatic rings. The lowest BCUT2D eigenvalue weighted by Gasteiger charge is -2.26. The highest BCUT2D eigenvalue weighted by Crippen LogP contribution is 2.39. The Hall–Kier alpha value is -2.72. The van der Waals surface area contributed by atoms with Gasteiger partial charge in [0.1, 0.15) is 5.76 Å². The third kappa shape index (κ3) is 4.96. The topological polar surface area (TPSA) is 98.2 Å². The van der Waals surface area contributed by atoms with Crippen molar-refractivity contribution in [2.45, 2.75) is 10.9 Å². The Morgan fingerprint density at radius 3 is 2.09 bits per heavy atom. The summed E-state index contributed by atoms with van der Waals surface area (Å²) in [5.74, 6) is -1.86. The van der Waals surface area contributed by atoms with Gasteiger partial charge in [-0.25, -0.2) is 12.7 Å². The van der Waals surface area contributed by atoms with E-state index in [1.165, 1.54) is 43.3 Å². The molecular formula is C23H26ClN3O5S. The zero-order chi connectivity index (χ0) is 24.5. The van der Waals surface area contributed by atoms with E-state index in [2.05, 4.69) is 0 Å². The van der Waals surface area contributed by atoms with E-state index < -0.39 is 27.8 Å². The summed E-state index contributed by atoms with van der Waals surface area (Å²) in [7, 11) is 2.91. The van der Waals surface area contributed by atoms with Crippen LogP contribution in [0.5, 0.6) is 0 Å². The van der Waals surface area contributed by atoms with Crippen LogP contribution < -0.4 is 0 Å². The number of benzene rings is 2. The van der Waals surface area contributed by atoms with Crippen LogP contribution in [0.25, 0.3) is 5.76 Å². The molecule has 1 heterocycles. The van der Waals surface area contributed by atoms with Crippen LogP contribution in [0.4, 0.5) is 0 Å². The molecule has 0 saturated carbocycles. The third-order valence-electron chi connectivity index (χ3n) is 5.42. The Labute approximate surface area is 198 Å². The number of aliphatic hydroxyl groups is 1. The van der Waals surface area contributed by atoms with Gasteiger partial charge in [-0.15, -0.1) is 0 Å². The van der Waals surface area contributed by atoms with E-state index in [-0.39, 0.29) is 28.3 Å². The number of Topliss-reactive ketones (excluding diaryl/α,β-unsaturated/α-hetero) is 1. The molecule has 176 valence electrons. The van der Waals surface area contributed by atoms with Gasteiger partial charge in [-0.1, -0.05) is 23.7 Å². The molecule has 33 heavy (non-hydrogen) atoms. The van der Waals surface area contributed by atoms with Crippen molar-refractivity contribution in [3.63, 3.8) is 0 Å². The first-order valence-corrected chi connectivity index (χ1v) is 12.0. The Bertz CT molecular complexity index is 1190. The second kappa shape index (κ2) is 9.64. The van der Waals surface area contributed by atoms with Gasteiger partial charge in [0, 0.05) is 37.8 Å². The van der Waals surface area contributed by atoms with Crippen LogP contribution >= 0.6 is 11.6 Å². The monoisotopic (exact) mass is 491 g/mol. The molecule has 1 aliphatic heterocycles. The maximum Gasteiger partial charge on any atom is 0.295 e. The molecule has 8 nitrogen and oxygen atoms in total. The standard InChI is InChI=1S/C23H26ClN3O5S/c1-25(2)13-14-27-20(15-5-9-17(24)10-6-15)19(22(29)23(27)30)21(28)16-7-11-18(12-8-16)33(31,32)26(3)4/h5-12,20,28H,13-14H2,1-4H3/t20-/m0/s1. The fourth-order valence-corrected chi connectivity index (χ4v) is 4.59. The lowest BCUT2D eigenvalue weighted by Crippen LogP contribution is -2.35. The minimum atomic E-state index is -3.65. The molecular weight excluding hydrogens is 466 g/mol. The van der Waals surface area contributed by atoms with Gasteiger partial charge in [0.15, 0.2) is 0 Å². The first-order valence-electron chi connectivity index (χ1n) is 10.2. The molecule has 0 bridgehead atoms. The van der Waals surface area contributed by atoms with E-state index in [0.29, 0.717) is 17.1 Å². The van der Waals surface area contributed by atoms with Crippen molar-refractivity contribution >= 4 is 39.1 Å². The predicted molar refractivity (Wildman–Crippen MR) is 126 cm³/mol. The van der Waals surface area contributed by atoms with E-state index in [1.807, 2.05) is 19.0 Å². The molecule has 3 rings (SSSR count). The van der Waals surface area contributed by atoms with Gasteiger partial charge in [0.2, 0.25) is 10.0 Å². The van der Waals surface area contributed by atoms with Crippen molar-refractivity contribution in [3.05, 3.63) is 70.3 Å². The van der Waals surface area contributed by atoms with E-state index in [9.17, 15) is 23.1 Å². The van der Waals surface area contributed by atoms with Crippen molar-refractivity contribution < 1.29 is 23.1 Å². The molecule has 0 unspecified atom stereocenters. The van der Waals surface area contributed by atoms with Gasteiger partial charge in [-0.3, -0.25) is 9.59 Å². The predicted octanol–water partition coefficient (Wildman–Crippen LogP) is 2.57. The molecule has 1 fully saturated rings. The van der Waals surface area contributed by atoms with Gasteiger partial charge >= 0.3 is 0 Å². The highest BCUT2D eigenvalue weighted by molar-refractivity contribution is 7.89. The van der Waals surface area contributed by atoms with E-state index >= 15 is 0 Å². The number of halogens is 1. The summed E-state index contributed by atoms with van der Waals surface area (Å²) in [4.78, 5) is 29.2. The summed E-state index contributed by atoms with van der Waals surface area (Å²) in [5, 5.41) is 11.6. The van der Waals surface area contributed by atoms with Crippen molar-refractivity contribution in [3.8, 4) is 0 Å². The van der Waals surface area contributed by atoms with Crippen molar-refractivity contribution in [1.82, 2.24) is 14.1 Å². The molecule has 1 aliphatic rings. The van der Waals surface area contributed by atoms with Crippen LogP contribution in [0, 0.1) is 0 Å². The molecule has 10 heteroatoms. The normalized spacial score (nSPS) is 18.5. The molecule has 0 aliphatic carbocycles. The SMILES string of the molecule is CN(C)CCN1C(=O)C(=O)C(=C(O)c2ccc(S(=O)(=O)N(C)C)cc2)[C@@H]1c1ccc(Cl)cc1. The fourth-order valence-electron chi connectivity index (χ4n) is 3.56. The van der Waals surface area contributed by atoms with Crippen molar-refractivity contribution in [2.24, 2.45) is 0 Å². The van der Waals surface area contributed by atoms with Gasteiger partial charge in [-0.05, 0) is 56.1 Å². The summed E-state index contributed by atoms with van der Waals surface area (Å²) in [6.07, 6.45) is 0. The molecule has 1 saturated heterocycles. The maximum absolute atomic E-state index is 13.0. The number of aliphatic hydroxyl groups excluding tert-OH is 1. The summed E-state index contributed by atoms with van der Waals surface area (Å²) < 4.78 is 25.7. The minimum absolute atomic E-state index is 0.0461. The van der Waals surface area contributed by atoms with Crippen molar-refractivity contribution in [2.75, 3.05) is 41.3 Å². The first kappa shape index (κ1) is 24.9. The van der Waals surface area contributed by atoms with Crippen LogP contribution in [-0.4, -0.2) is 80.6 Å². The molecule has 0 aromatic heterocycles. The Balaban J connectivity index is 2.11. The molecule has 0 spiro atoms. The average Bonchev–Trinajstić information content (AvgIpc) is 3.02. The van der Waals surface area contributed by atoms with E-state index in [0.717, 1.165) is 4.31 Å². The third-order valence-corrected chi connectivity index (χ3v) is 7.50. The van der Waals surface area contributed by atoms with E-state index in [4.69, 9.17) is 11.6 Å². The van der Waals surface area contributed by atoms with Crippen LogP contribution in [0.15, 0.2) is 59.0 Å². The molecule has 0 radical (unpaired) electrons. The summed E-state index contributed by atoms with van der Waals surface area (Å²) in [5.41, 5.74) is 0.812. The Kier molecular flexibility index (Phi) is 7.28. The largest absolute Gasteiger partial charge is 0.507 e. The molecule has 2 aromatic carbocycles. The molecule has 1 N–H and O–H groups in total. The fraction of sp³-hybridized carbons (Fsp3) is 0.304. The summed E-state index contributed by atoms with van der Waals surface area (Å²) >= 11 is 6.02. The van der Waals surface area contributed by atoms with E-state index in [1.54, 1.807) is 24.3 Å². The molecule has 1 atom stereocenters. The van der Waals surface area contributed by atoms with Gasteiger partial charge in [0.25, 0.3) is 11.7 Å². The number of sulfonamides is 1. The second-order valence-electron chi connectivity index (χ2n) is 8.16. The summed E-state index contributed by atoms with van der Waals surface area (Å²) in [6, 6.07) is 11.5. The average molecular weight is 492 g/mol. The van der Waals surface area contributed by atoms with Gasteiger partial charge in [0.05, 0.1) is 16.5 Å². The maximum atomic E-state index is 13.0. The number of hydrogen-bond acceptors (Lipinski definition) is 6. The zero-order valence-electron chi connectivity index (χ0n) is 18.8. The lowest BCUT2D eigenvalue weighted by molar-refractivity contribution is -0.140. The number of amides is 1. The number of carbonyl (C=O) groups is 2. The van der Waals surface area contributed by atoms with Gasteiger partial charge < -0.3 is 14.9 Å². The quantitative estimate of drug-likeness (QED) is 0.363. The first-order chi connectivity index (χ1) is 15.4. The number of rotatable bonds is 7. The summed E-state index contributed by atoms with van der Waals surface area (Å²) in [6.45, 7) is 0.801. The number of carbonyl (C=O) groups excluding carboxylic acids is 2. The number of ketones is 1. The Morgan fingerprint density at radius 1 is 1.00 bits per heavy atom. The van der Waals surface area contributed by atoms with Crippen molar-refractivity contribution in [1.29, 1.82) is 0 Å². The Morgan fingerprint density at radius 2 is 1.58 bits per heavy atom. The van der Waals surface area contributed by atoms with Gasteiger partial charge in [-0.2, -0.15) is 0 Å². The lowest BCUT2D eigenvalue weighted by atomic mass is 9.95. The second-order valence-corrected chi connectivity index (χ2v) is 10.7. The number of likely N-dealkylation sites (tertiary alicyclic amines) is 1. The zero-order valence-corrected chi connectivity index (χ0v) is 20.4. The number of likely N-dealkylation sites (N-methyl/N-ethyl adjacent to an activating group) is 1. The smallest absolute Gasteiger partial charge is 0.295 e. The highest BCUT2D eigenvalue weighted by atomic mass is 35.5. The van der Waals surface area contributed by atoms with Crippen LogP contribution in [0.2, 0.25) is 5.02 Å². The minimum Gasteiger partial charge on any atom is -0.507 e. The van der Waals surface area contributed by atoms with Crippen LogP contribution in [0.1, 0.15) is 17.2 Å². The van der Waals surface area contributed by atoms with Crippen LogP contribution in [0.3, 0.4) is 0 Å². The highest BCUT2D eigenvalue weighted by Gasteiger charge is 2.45. The number of hydrogen-bond donors (Lipinski definition) is 1.